The van der Waals surface area contributed by atoms with Crippen molar-refractivity contribution in [3.05, 3.63) is 66.2 Å². The van der Waals surface area contributed by atoms with Crippen LogP contribution in [-0.2, 0) is 16.1 Å². The average molecular weight is 566 g/mol. The van der Waals surface area contributed by atoms with E-state index in [-0.39, 0.29) is 17.7 Å². The van der Waals surface area contributed by atoms with E-state index in [2.05, 4.69) is 25.3 Å². The summed E-state index contributed by atoms with van der Waals surface area (Å²) in [4.78, 5) is 34.8. The maximum absolute atomic E-state index is 14.2. The van der Waals surface area contributed by atoms with E-state index < -0.39 is 18.3 Å². The standard InChI is InChI=1S/C28H33F2N9O2/c1-19(27(40)38(12-4-9-31)18-20-7-10-32-11-8-20)33-28-35-23(37-13-15-41-16-14-37)17-24(36-28)39-22-6-3-2-5-21(22)34-26(39)25(29)30/h2-3,5-8,10-11,17,19,25H,4,9,12-16,18,31H2,1H3,(H,33,35,36)/t19-/m0/s1. The van der Waals surface area contributed by atoms with Gasteiger partial charge in [0.05, 0.1) is 24.2 Å². The van der Waals surface area contributed by atoms with E-state index >= 15 is 0 Å². The molecule has 0 bridgehead atoms. The molecular weight excluding hydrogens is 532 g/mol. The number of nitrogens with two attached hydrogens (primary N) is 1. The molecule has 0 saturated carbocycles. The number of amides is 1. The minimum Gasteiger partial charge on any atom is -0.378 e. The third kappa shape index (κ3) is 6.57. The molecule has 0 aliphatic carbocycles. The van der Waals surface area contributed by atoms with Gasteiger partial charge in [-0.15, -0.1) is 0 Å². The Bertz CT molecular complexity index is 1460. The van der Waals surface area contributed by atoms with Crippen LogP contribution in [0.3, 0.4) is 0 Å². The van der Waals surface area contributed by atoms with Crippen LogP contribution in [0.2, 0.25) is 0 Å². The Morgan fingerprint density at radius 1 is 1.10 bits per heavy atom. The summed E-state index contributed by atoms with van der Waals surface area (Å²) in [6, 6.07) is 11.6. The number of aromatic nitrogens is 5. The lowest BCUT2D eigenvalue weighted by Gasteiger charge is -2.29. The van der Waals surface area contributed by atoms with Crippen LogP contribution in [0.25, 0.3) is 16.9 Å². The number of carbonyl (C=O) groups excluding carboxylic acids is 1. The minimum absolute atomic E-state index is 0.144. The number of pyridine rings is 1. The van der Waals surface area contributed by atoms with Crippen molar-refractivity contribution in [2.75, 3.05) is 49.6 Å². The number of alkyl halides is 2. The molecule has 1 saturated heterocycles. The normalized spacial score (nSPS) is 14.4. The molecule has 1 aliphatic heterocycles. The molecule has 11 nitrogen and oxygen atoms in total. The lowest BCUT2D eigenvalue weighted by molar-refractivity contribution is -0.132. The molecule has 4 aromatic rings. The average Bonchev–Trinajstić information content (AvgIpc) is 3.40. The zero-order valence-electron chi connectivity index (χ0n) is 22.8. The van der Waals surface area contributed by atoms with Gasteiger partial charge in [0, 0.05) is 44.6 Å². The molecule has 0 spiro atoms. The number of anilines is 2. The summed E-state index contributed by atoms with van der Waals surface area (Å²) in [5, 5.41) is 3.13. The fraction of sp³-hybridized carbons (Fsp3) is 0.393. The number of halogens is 2. The van der Waals surface area contributed by atoms with Crippen molar-refractivity contribution >= 4 is 28.7 Å². The Balaban J connectivity index is 1.49. The molecule has 41 heavy (non-hydrogen) atoms. The molecule has 4 heterocycles. The lowest BCUT2D eigenvalue weighted by atomic mass is 10.2. The number of hydrogen-bond acceptors (Lipinski definition) is 9. The zero-order valence-corrected chi connectivity index (χ0v) is 22.8. The molecule has 1 aromatic carbocycles. The predicted octanol–water partition coefficient (Wildman–Crippen LogP) is 3.16. The molecule has 0 unspecified atom stereocenters. The first-order chi connectivity index (χ1) is 19.9. The highest BCUT2D eigenvalue weighted by atomic mass is 19.3. The number of morpholine rings is 1. The fourth-order valence-electron chi connectivity index (χ4n) is 4.77. The van der Waals surface area contributed by atoms with Gasteiger partial charge in [0.25, 0.3) is 6.43 Å². The Morgan fingerprint density at radius 2 is 1.83 bits per heavy atom. The fourth-order valence-corrected chi connectivity index (χ4v) is 4.77. The van der Waals surface area contributed by atoms with Crippen molar-refractivity contribution in [2.24, 2.45) is 5.73 Å². The highest BCUT2D eigenvalue weighted by molar-refractivity contribution is 5.84. The van der Waals surface area contributed by atoms with Gasteiger partial charge in [0.15, 0.2) is 5.82 Å². The smallest absolute Gasteiger partial charge is 0.296 e. The van der Waals surface area contributed by atoms with Gasteiger partial charge in [-0.2, -0.15) is 9.97 Å². The summed E-state index contributed by atoms with van der Waals surface area (Å²) in [5.41, 5.74) is 7.60. The number of ether oxygens (including phenoxy) is 1. The molecule has 3 aromatic heterocycles. The molecular formula is C28H33F2N9O2. The second-order valence-electron chi connectivity index (χ2n) is 9.73. The first kappa shape index (κ1) is 28.3. The number of benzene rings is 1. The van der Waals surface area contributed by atoms with Gasteiger partial charge in [-0.05, 0) is 49.7 Å². The summed E-state index contributed by atoms with van der Waals surface area (Å²) >= 11 is 0. The first-order valence-electron chi connectivity index (χ1n) is 13.6. The van der Waals surface area contributed by atoms with Crippen LogP contribution >= 0.6 is 0 Å². The number of imidazole rings is 1. The van der Waals surface area contributed by atoms with Gasteiger partial charge in [-0.1, -0.05) is 12.1 Å². The number of nitrogens with one attached hydrogen (secondary N) is 1. The van der Waals surface area contributed by atoms with Crippen LogP contribution in [0.4, 0.5) is 20.5 Å². The van der Waals surface area contributed by atoms with E-state index in [1.807, 2.05) is 17.0 Å². The minimum atomic E-state index is -2.83. The summed E-state index contributed by atoms with van der Waals surface area (Å²) in [7, 11) is 0. The zero-order chi connectivity index (χ0) is 28.8. The van der Waals surface area contributed by atoms with Crippen molar-refractivity contribution in [3.63, 3.8) is 0 Å². The lowest BCUT2D eigenvalue weighted by Crippen LogP contribution is -2.42. The van der Waals surface area contributed by atoms with Crippen molar-refractivity contribution in [3.8, 4) is 5.82 Å². The van der Waals surface area contributed by atoms with Crippen LogP contribution in [0.5, 0.6) is 0 Å². The summed E-state index contributed by atoms with van der Waals surface area (Å²) in [5.74, 6) is 0.321. The maximum Gasteiger partial charge on any atom is 0.296 e. The van der Waals surface area contributed by atoms with E-state index in [0.717, 1.165) is 5.56 Å². The van der Waals surface area contributed by atoms with Crippen molar-refractivity contribution < 1.29 is 18.3 Å². The topological polar surface area (TPSA) is 127 Å². The van der Waals surface area contributed by atoms with E-state index in [9.17, 15) is 13.6 Å². The van der Waals surface area contributed by atoms with Gasteiger partial charge in [0.1, 0.15) is 17.7 Å². The second kappa shape index (κ2) is 13.0. The molecule has 13 heteroatoms. The van der Waals surface area contributed by atoms with Crippen molar-refractivity contribution in [1.82, 2.24) is 29.4 Å². The molecule has 1 fully saturated rings. The molecule has 1 amide bonds. The summed E-state index contributed by atoms with van der Waals surface area (Å²) in [6.07, 6.45) is 1.18. The highest BCUT2D eigenvalue weighted by Crippen LogP contribution is 2.29. The van der Waals surface area contributed by atoms with E-state index in [0.29, 0.717) is 69.2 Å². The highest BCUT2D eigenvalue weighted by Gasteiger charge is 2.25. The van der Waals surface area contributed by atoms with Gasteiger partial charge < -0.3 is 25.6 Å². The number of fused-ring (bicyclic) bond motifs is 1. The Labute approximate surface area is 236 Å². The number of carbonyl (C=O) groups is 1. The molecule has 0 radical (unpaired) electrons. The van der Waals surface area contributed by atoms with E-state index in [1.165, 1.54) is 4.57 Å². The SMILES string of the molecule is C[C@H](Nc1nc(N2CCOCC2)cc(-n2c(C(F)F)nc3ccccc32)n1)C(=O)N(CCCN)Cc1ccncc1. The number of nitrogens with zero attached hydrogens (tertiary/aromatic N) is 7. The molecule has 216 valence electrons. The third-order valence-electron chi connectivity index (χ3n) is 6.83. The first-order valence-corrected chi connectivity index (χ1v) is 13.6. The van der Waals surface area contributed by atoms with Crippen molar-refractivity contribution in [2.45, 2.75) is 32.4 Å². The van der Waals surface area contributed by atoms with Crippen LogP contribution < -0.4 is 16.0 Å². The van der Waals surface area contributed by atoms with Gasteiger partial charge in [-0.3, -0.25) is 14.3 Å². The Hall–Kier alpha value is -4.23. The summed E-state index contributed by atoms with van der Waals surface area (Å²) < 4.78 is 35.2. The van der Waals surface area contributed by atoms with Crippen LogP contribution in [-0.4, -0.2) is 80.7 Å². The quantitative estimate of drug-likeness (QED) is 0.282. The molecule has 5 rings (SSSR count). The monoisotopic (exact) mass is 565 g/mol. The Kier molecular flexibility index (Phi) is 8.95. The van der Waals surface area contributed by atoms with E-state index in [4.69, 9.17) is 10.5 Å². The number of rotatable bonds is 11. The molecule has 1 atom stereocenters. The van der Waals surface area contributed by atoms with E-state index in [1.54, 1.807) is 54.5 Å². The van der Waals surface area contributed by atoms with Crippen LogP contribution in [0.1, 0.15) is 31.2 Å². The number of para-hydroxylation sites is 2. The number of hydrogen-bond donors (Lipinski definition) is 2. The van der Waals surface area contributed by atoms with Gasteiger partial charge >= 0.3 is 0 Å². The second-order valence-corrected chi connectivity index (χ2v) is 9.73. The molecule has 1 aliphatic rings. The summed E-state index contributed by atoms with van der Waals surface area (Å²) in [6.45, 7) is 5.23. The van der Waals surface area contributed by atoms with Crippen molar-refractivity contribution in [1.29, 1.82) is 0 Å². The largest absolute Gasteiger partial charge is 0.378 e. The predicted molar refractivity (Wildman–Crippen MR) is 151 cm³/mol. The third-order valence-corrected chi connectivity index (χ3v) is 6.83. The maximum atomic E-state index is 14.2. The van der Waals surface area contributed by atoms with Gasteiger partial charge in [-0.25, -0.2) is 13.8 Å². The van der Waals surface area contributed by atoms with Crippen LogP contribution in [0, 0.1) is 0 Å². The van der Waals surface area contributed by atoms with Gasteiger partial charge in [0.2, 0.25) is 11.9 Å². The molecule has 3 N–H and O–H groups in total. The Morgan fingerprint density at radius 3 is 2.56 bits per heavy atom. The van der Waals surface area contributed by atoms with Crippen LogP contribution in [0.15, 0.2) is 54.9 Å².